The Bertz CT molecular complexity index is 488. The van der Waals surface area contributed by atoms with Crippen molar-refractivity contribution >= 4 is 15.8 Å². The standard InChI is InChI=1S/C13H18O4S/c1-3-18(15,16)10-4-9-17-13(14)12-7-5-11(2)6-8-12/h5-8H,3-4,9-10H2,1-2H3. The minimum Gasteiger partial charge on any atom is -0.462 e. The highest BCUT2D eigenvalue weighted by atomic mass is 32.2. The summed E-state index contributed by atoms with van der Waals surface area (Å²) >= 11 is 0. The van der Waals surface area contributed by atoms with Gasteiger partial charge in [0, 0.05) is 5.75 Å². The van der Waals surface area contributed by atoms with Crippen LogP contribution in [-0.4, -0.2) is 32.5 Å². The van der Waals surface area contributed by atoms with Gasteiger partial charge in [0.15, 0.2) is 0 Å². The van der Waals surface area contributed by atoms with Crippen molar-refractivity contribution in [2.24, 2.45) is 0 Å². The topological polar surface area (TPSA) is 60.4 Å². The summed E-state index contributed by atoms with van der Waals surface area (Å²) < 4.78 is 27.4. The zero-order valence-corrected chi connectivity index (χ0v) is 11.5. The third-order valence-corrected chi connectivity index (χ3v) is 4.35. The molecule has 4 nitrogen and oxygen atoms in total. The average Bonchev–Trinajstić information content (AvgIpc) is 2.35. The predicted molar refractivity (Wildman–Crippen MR) is 70.4 cm³/mol. The van der Waals surface area contributed by atoms with Gasteiger partial charge in [-0.05, 0) is 25.5 Å². The Morgan fingerprint density at radius 1 is 1.22 bits per heavy atom. The normalized spacial score (nSPS) is 11.2. The SMILES string of the molecule is CCS(=O)(=O)CCCOC(=O)c1ccc(C)cc1. The summed E-state index contributed by atoms with van der Waals surface area (Å²) in [5.74, 6) is -0.229. The molecule has 0 bridgehead atoms. The highest BCUT2D eigenvalue weighted by molar-refractivity contribution is 7.91. The van der Waals surface area contributed by atoms with Gasteiger partial charge in [0.05, 0.1) is 17.9 Å². The van der Waals surface area contributed by atoms with Gasteiger partial charge < -0.3 is 4.74 Å². The van der Waals surface area contributed by atoms with Crippen LogP contribution in [-0.2, 0) is 14.6 Å². The molecular weight excluding hydrogens is 252 g/mol. The Morgan fingerprint density at radius 2 is 1.83 bits per heavy atom. The summed E-state index contributed by atoms with van der Waals surface area (Å²) in [5, 5.41) is 0. The molecule has 0 fully saturated rings. The Kier molecular flexibility index (Phi) is 5.34. The van der Waals surface area contributed by atoms with Crippen LogP contribution >= 0.6 is 0 Å². The number of esters is 1. The van der Waals surface area contributed by atoms with Crippen molar-refractivity contribution in [1.82, 2.24) is 0 Å². The maximum atomic E-state index is 11.6. The summed E-state index contributed by atoms with van der Waals surface area (Å²) in [6, 6.07) is 7.05. The monoisotopic (exact) mass is 270 g/mol. The van der Waals surface area contributed by atoms with Gasteiger partial charge in [-0.3, -0.25) is 0 Å². The van der Waals surface area contributed by atoms with Crippen LogP contribution in [0.2, 0.25) is 0 Å². The van der Waals surface area contributed by atoms with Gasteiger partial charge in [0.1, 0.15) is 9.84 Å². The zero-order valence-electron chi connectivity index (χ0n) is 10.7. The lowest BCUT2D eigenvalue weighted by Gasteiger charge is -2.05. The van der Waals surface area contributed by atoms with Gasteiger partial charge in [-0.2, -0.15) is 0 Å². The first-order chi connectivity index (χ1) is 8.44. The Morgan fingerprint density at radius 3 is 2.39 bits per heavy atom. The van der Waals surface area contributed by atoms with E-state index in [9.17, 15) is 13.2 Å². The quantitative estimate of drug-likeness (QED) is 0.586. The molecule has 0 saturated carbocycles. The van der Waals surface area contributed by atoms with Crippen LogP contribution in [0.5, 0.6) is 0 Å². The molecular formula is C13H18O4S. The number of carbonyl (C=O) groups excluding carboxylic acids is 1. The van der Waals surface area contributed by atoms with Gasteiger partial charge in [-0.1, -0.05) is 24.6 Å². The number of aryl methyl sites for hydroxylation is 1. The van der Waals surface area contributed by atoms with Crippen molar-refractivity contribution in [1.29, 1.82) is 0 Å². The molecule has 0 aliphatic carbocycles. The molecule has 0 atom stereocenters. The Labute approximate surface area is 108 Å². The minimum absolute atomic E-state index is 0.0602. The summed E-state index contributed by atoms with van der Waals surface area (Å²) in [4.78, 5) is 11.6. The smallest absolute Gasteiger partial charge is 0.338 e. The molecule has 0 heterocycles. The van der Waals surface area contributed by atoms with Crippen LogP contribution in [0.15, 0.2) is 24.3 Å². The van der Waals surface area contributed by atoms with E-state index in [1.807, 2.05) is 19.1 Å². The number of hydrogen-bond acceptors (Lipinski definition) is 4. The van der Waals surface area contributed by atoms with E-state index in [1.54, 1.807) is 19.1 Å². The lowest BCUT2D eigenvalue weighted by Crippen LogP contribution is -2.13. The summed E-state index contributed by atoms with van der Waals surface area (Å²) in [7, 11) is -2.98. The molecule has 5 heteroatoms. The van der Waals surface area contributed by atoms with Crippen molar-refractivity contribution in [3.8, 4) is 0 Å². The van der Waals surface area contributed by atoms with Crippen molar-refractivity contribution in [2.45, 2.75) is 20.3 Å². The number of sulfone groups is 1. The number of ether oxygens (including phenoxy) is 1. The molecule has 0 aromatic heterocycles. The van der Waals surface area contributed by atoms with Crippen molar-refractivity contribution < 1.29 is 17.9 Å². The van der Waals surface area contributed by atoms with Crippen molar-refractivity contribution in [3.63, 3.8) is 0 Å². The van der Waals surface area contributed by atoms with E-state index >= 15 is 0 Å². The fourth-order valence-corrected chi connectivity index (χ4v) is 2.21. The lowest BCUT2D eigenvalue weighted by molar-refractivity contribution is 0.0505. The molecule has 0 saturated heterocycles. The van der Waals surface area contributed by atoms with E-state index < -0.39 is 15.8 Å². The fraction of sp³-hybridized carbons (Fsp3) is 0.462. The van der Waals surface area contributed by atoms with E-state index in [-0.39, 0.29) is 18.1 Å². The molecule has 1 rings (SSSR count). The van der Waals surface area contributed by atoms with Gasteiger partial charge in [-0.15, -0.1) is 0 Å². The number of rotatable bonds is 6. The van der Waals surface area contributed by atoms with E-state index in [2.05, 4.69) is 0 Å². The highest BCUT2D eigenvalue weighted by Crippen LogP contribution is 2.05. The first-order valence-electron chi connectivity index (χ1n) is 5.89. The van der Waals surface area contributed by atoms with Crippen LogP contribution < -0.4 is 0 Å². The summed E-state index contributed by atoms with van der Waals surface area (Å²) in [6.45, 7) is 3.67. The third-order valence-electron chi connectivity index (χ3n) is 2.56. The zero-order chi connectivity index (χ0) is 13.6. The van der Waals surface area contributed by atoms with Gasteiger partial charge >= 0.3 is 5.97 Å². The van der Waals surface area contributed by atoms with E-state index in [0.29, 0.717) is 12.0 Å². The van der Waals surface area contributed by atoms with Gasteiger partial charge in [0.25, 0.3) is 0 Å². The molecule has 0 aliphatic rings. The van der Waals surface area contributed by atoms with Gasteiger partial charge in [0.2, 0.25) is 0 Å². The highest BCUT2D eigenvalue weighted by Gasteiger charge is 2.09. The number of benzene rings is 1. The molecule has 0 radical (unpaired) electrons. The Hall–Kier alpha value is -1.36. The molecule has 18 heavy (non-hydrogen) atoms. The van der Waals surface area contributed by atoms with E-state index in [4.69, 9.17) is 4.74 Å². The molecule has 0 spiro atoms. The fourth-order valence-electron chi connectivity index (χ4n) is 1.36. The first-order valence-corrected chi connectivity index (χ1v) is 7.71. The molecule has 0 N–H and O–H groups in total. The predicted octanol–water partition coefficient (Wildman–Crippen LogP) is 1.98. The second-order valence-corrected chi connectivity index (χ2v) is 6.56. The van der Waals surface area contributed by atoms with Gasteiger partial charge in [-0.25, -0.2) is 13.2 Å². The van der Waals surface area contributed by atoms with Crippen LogP contribution in [0, 0.1) is 6.92 Å². The van der Waals surface area contributed by atoms with Crippen LogP contribution in [0.3, 0.4) is 0 Å². The second kappa shape index (κ2) is 6.54. The van der Waals surface area contributed by atoms with Crippen molar-refractivity contribution in [3.05, 3.63) is 35.4 Å². The van der Waals surface area contributed by atoms with Crippen molar-refractivity contribution in [2.75, 3.05) is 18.1 Å². The minimum atomic E-state index is -2.98. The maximum Gasteiger partial charge on any atom is 0.338 e. The van der Waals surface area contributed by atoms with Crippen LogP contribution in [0.1, 0.15) is 29.3 Å². The molecule has 1 aromatic carbocycles. The first kappa shape index (κ1) is 14.7. The summed E-state index contributed by atoms with van der Waals surface area (Å²) in [5.41, 5.74) is 1.56. The van der Waals surface area contributed by atoms with E-state index in [1.165, 1.54) is 0 Å². The molecule has 0 amide bonds. The van der Waals surface area contributed by atoms with Crippen LogP contribution in [0.4, 0.5) is 0 Å². The lowest BCUT2D eigenvalue weighted by atomic mass is 10.1. The Balaban J connectivity index is 2.36. The second-order valence-electron chi connectivity index (χ2n) is 4.09. The number of carbonyl (C=O) groups is 1. The third kappa shape index (κ3) is 4.87. The molecule has 0 aliphatic heterocycles. The average molecular weight is 270 g/mol. The molecule has 0 unspecified atom stereocenters. The van der Waals surface area contributed by atoms with Crippen LogP contribution in [0.25, 0.3) is 0 Å². The summed E-state index contributed by atoms with van der Waals surface area (Å²) in [6.07, 6.45) is 0.341. The van der Waals surface area contributed by atoms with E-state index in [0.717, 1.165) is 5.56 Å². The largest absolute Gasteiger partial charge is 0.462 e. The molecule has 100 valence electrons. The maximum absolute atomic E-state index is 11.6. The molecule has 1 aromatic rings. The number of hydrogen-bond donors (Lipinski definition) is 0.